The molecular weight excluding hydrogens is 1880 g/mol. The van der Waals surface area contributed by atoms with Crippen molar-refractivity contribution in [3.63, 3.8) is 0 Å². The van der Waals surface area contributed by atoms with E-state index < -0.39 is 0 Å². The fraction of sp³-hybridized carbons (Fsp3) is 0.0897. The molecule has 150 heavy (non-hydrogen) atoms. The van der Waals surface area contributed by atoms with Crippen molar-refractivity contribution in [3.05, 3.63) is 583 Å². The third kappa shape index (κ3) is 18.2. The summed E-state index contributed by atoms with van der Waals surface area (Å²) in [6.45, 7) is 19.3. The average Bonchev–Trinajstić information content (AvgIpc) is 0.686. The van der Waals surface area contributed by atoms with Crippen molar-refractivity contribution < 1.29 is 0 Å². The number of nitrogens with one attached hydrogen (secondary N) is 1. The minimum atomic E-state index is -0.280. The summed E-state index contributed by atoms with van der Waals surface area (Å²) in [5, 5.41) is 3.46. The van der Waals surface area contributed by atoms with E-state index in [0.717, 1.165) is 32.9 Å². The molecule has 5 heteroatoms. The minimum Gasteiger partial charge on any atom is -0.356 e. The number of fused-ring (bicyclic) bond motifs is 8. The van der Waals surface area contributed by atoms with Crippen LogP contribution in [0.1, 0.15) is 107 Å². The van der Waals surface area contributed by atoms with E-state index in [4.69, 9.17) is 0 Å². The highest BCUT2D eigenvalue weighted by atomic mass is 79.9. The van der Waals surface area contributed by atoms with Gasteiger partial charge in [0.15, 0.2) is 0 Å². The standard InChI is InChI=1S/C72H56N2.C48H38BrN.C24H19N.CH4/c1-71(2)64-45-58(51-21-13-7-14-22-51)35-43-68(64)74-69-44-36-59(52-23-15-8-16-24-52)46-65(69)72(3,4)67-48-60(47-66(71)70(67)74)57-27-25-53(26-28-57)56-33-41-63(42-34-56)73(61-37-29-54(30-38-61)49-17-9-5-10-18-49)62-39-31-55(32-40-62)50-19-11-6-12-20-50;1-47(2)40-27-36(31-11-7-5-8-12-31)21-25-44(40)50-45-26-22-37(32-13-9-6-10-14-32)28-41(45)48(3,4)43-30-38(29-42(47)46(43)50)35-17-15-33(16-18-35)34-19-23-39(49)24-20-34;1-3-7-19(8-4-1)21-11-15-23(16-12-21)25-24-17-13-22(14-18-24)20-9-5-2-6-10-20;/h5-48H,1-4H3;5-30H,1-4H3;1-18,25H;1H4. The van der Waals surface area contributed by atoms with Crippen LogP contribution in [0.25, 0.3) is 134 Å². The lowest BCUT2D eigenvalue weighted by atomic mass is 9.65. The van der Waals surface area contributed by atoms with E-state index in [0.29, 0.717) is 0 Å². The molecule has 22 aromatic carbocycles. The predicted molar refractivity (Wildman–Crippen MR) is 641 cm³/mol. The van der Waals surface area contributed by atoms with E-state index in [-0.39, 0.29) is 29.1 Å². The van der Waals surface area contributed by atoms with Gasteiger partial charge in [0.25, 0.3) is 0 Å². The molecule has 0 unspecified atom stereocenters. The number of hydrogen-bond donors (Lipinski definition) is 1. The fourth-order valence-corrected chi connectivity index (χ4v) is 23.1. The second-order valence-corrected chi connectivity index (χ2v) is 42.7. The molecule has 0 saturated heterocycles. The molecule has 0 atom stereocenters. The van der Waals surface area contributed by atoms with E-state index in [1.807, 2.05) is 12.1 Å². The number of rotatable bonds is 17. The number of anilines is 11. The molecule has 0 aromatic heterocycles. The summed E-state index contributed by atoms with van der Waals surface area (Å²) < 4.78 is 1.09. The van der Waals surface area contributed by atoms with Crippen molar-refractivity contribution in [2.75, 3.05) is 20.0 Å². The van der Waals surface area contributed by atoms with Gasteiger partial charge in [0.1, 0.15) is 0 Å². The number of halogens is 1. The molecule has 4 aliphatic rings. The zero-order valence-corrected chi connectivity index (χ0v) is 86.6. The smallest absolute Gasteiger partial charge is 0.0544 e. The SMILES string of the molecule is C.CC1(C)c2cc(-c3ccccc3)ccc2N2c3ccc(-c4ccccc4)cc3C(C)(C)c3cc(-c4ccc(-c5ccc(Br)cc5)cc4)cc1c32.CC1(C)c2cc(-c3ccccc3)ccc2N2c3ccc(-c4ccccc4)cc3C(C)(C)c3cc(-c4ccc(-c5ccc(N(c6ccc(-c7ccccc7)cc6)c6ccc(-c7ccccc7)cc6)cc5)cc4)cc1c32.c1ccc(-c2ccc(Nc3ccc(-c4ccccc4)cc3)cc2)cc1. The Labute approximate surface area is 892 Å². The molecule has 0 saturated carbocycles. The first-order valence-electron chi connectivity index (χ1n) is 51.8. The van der Waals surface area contributed by atoms with Gasteiger partial charge in [0.2, 0.25) is 0 Å². The Hall–Kier alpha value is -17.5. The zero-order valence-electron chi connectivity index (χ0n) is 85.0. The second-order valence-electron chi connectivity index (χ2n) is 41.8. The molecule has 22 aromatic rings. The van der Waals surface area contributed by atoms with Crippen LogP contribution in [0.4, 0.5) is 62.6 Å². The highest BCUT2D eigenvalue weighted by molar-refractivity contribution is 9.10. The van der Waals surface area contributed by atoms with E-state index >= 15 is 0 Å². The van der Waals surface area contributed by atoms with E-state index in [9.17, 15) is 0 Å². The molecule has 0 fully saturated rings. The first kappa shape index (κ1) is 96.0. The summed E-state index contributed by atoms with van der Waals surface area (Å²) in [5.41, 5.74) is 52.3. The molecule has 4 heterocycles. The van der Waals surface area contributed by atoms with Crippen LogP contribution in [-0.2, 0) is 21.7 Å². The molecule has 26 rings (SSSR count). The van der Waals surface area contributed by atoms with E-state index in [2.05, 4.69) is 613 Å². The van der Waals surface area contributed by atoms with Gasteiger partial charge >= 0.3 is 0 Å². The summed E-state index contributed by atoms with van der Waals surface area (Å²) in [6, 6.07) is 194. The van der Waals surface area contributed by atoms with Gasteiger partial charge in [-0.1, -0.05) is 467 Å². The van der Waals surface area contributed by atoms with Crippen molar-refractivity contribution in [2.45, 2.75) is 84.5 Å². The first-order chi connectivity index (χ1) is 72.8. The van der Waals surface area contributed by atoms with Gasteiger partial charge in [-0.3, -0.25) is 0 Å². The van der Waals surface area contributed by atoms with Crippen molar-refractivity contribution in [2.24, 2.45) is 0 Å². The summed E-state index contributed by atoms with van der Waals surface area (Å²) in [7, 11) is 0. The second kappa shape index (κ2) is 40.1. The van der Waals surface area contributed by atoms with Crippen LogP contribution in [0.2, 0.25) is 0 Å². The van der Waals surface area contributed by atoms with Crippen LogP contribution >= 0.6 is 15.9 Å². The quantitative estimate of drug-likeness (QED) is 0.0981. The summed E-state index contributed by atoms with van der Waals surface area (Å²) in [5.74, 6) is 0. The predicted octanol–water partition coefficient (Wildman–Crippen LogP) is 41.2. The van der Waals surface area contributed by atoms with E-state index in [1.54, 1.807) is 0 Å². The van der Waals surface area contributed by atoms with Crippen LogP contribution < -0.4 is 20.0 Å². The van der Waals surface area contributed by atoms with Gasteiger partial charge < -0.3 is 20.0 Å². The third-order valence-electron chi connectivity index (χ3n) is 31.2. The van der Waals surface area contributed by atoms with Gasteiger partial charge in [0, 0.05) is 54.6 Å². The topological polar surface area (TPSA) is 21.8 Å². The lowest BCUT2D eigenvalue weighted by Gasteiger charge is -2.50. The van der Waals surface area contributed by atoms with Crippen molar-refractivity contribution in [3.8, 4) is 134 Å². The third-order valence-corrected chi connectivity index (χ3v) is 31.8. The molecule has 0 amide bonds. The summed E-state index contributed by atoms with van der Waals surface area (Å²) >= 11 is 3.58. The largest absolute Gasteiger partial charge is 0.356 e. The van der Waals surface area contributed by atoms with E-state index in [1.165, 1.54) is 212 Å². The molecular formula is C145H117BrN4. The monoisotopic (exact) mass is 1990 g/mol. The fourth-order valence-electron chi connectivity index (χ4n) is 22.9. The number of benzene rings is 22. The minimum absolute atomic E-state index is 0. The highest BCUT2D eigenvalue weighted by Crippen LogP contribution is 2.65. The Balaban J connectivity index is 0.000000139. The van der Waals surface area contributed by atoms with Gasteiger partial charge in [-0.05, 0) is 324 Å². The maximum Gasteiger partial charge on any atom is 0.0544 e. The Morgan fingerprint density at radius 3 is 0.527 bits per heavy atom. The van der Waals surface area contributed by atoms with Crippen molar-refractivity contribution in [1.29, 1.82) is 0 Å². The van der Waals surface area contributed by atoms with Gasteiger partial charge in [-0.2, -0.15) is 0 Å². The maximum atomic E-state index is 3.58. The lowest BCUT2D eigenvalue weighted by Crippen LogP contribution is -2.38. The normalized spacial score (nSPS) is 13.4. The molecule has 0 radical (unpaired) electrons. The van der Waals surface area contributed by atoms with Crippen molar-refractivity contribution in [1.82, 2.24) is 0 Å². The highest BCUT2D eigenvalue weighted by Gasteiger charge is 2.49. The molecule has 0 aliphatic carbocycles. The molecule has 0 spiro atoms. The zero-order chi connectivity index (χ0) is 101. The Kier molecular flexibility index (Phi) is 25.6. The van der Waals surface area contributed by atoms with Gasteiger partial charge in [-0.15, -0.1) is 0 Å². The molecule has 1 N–H and O–H groups in total. The molecule has 4 aliphatic heterocycles. The van der Waals surface area contributed by atoms with Crippen LogP contribution in [0.3, 0.4) is 0 Å². The molecule has 724 valence electrons. The first-order valence-corrected chi connectivity index (χ1v) is 52.6. The molecule has 0 bridgehead atoms. The summed E-state index contributed by atoms with van der Waals surface area (Å²) in [4.78, 5) is 7.49. The van der Waals surface area contributed by atoms with Crippen LogP contribution in [0.5, 0.6) is 0 Å². The Morgan fingerprint density at radius 2 is 0.320 bits per heavy atom. The van der Waals surface area contributed by atoms with Crippen molar-refractivity contribution >= 4 is 78.5 Å². The van der Waals surface area contributed by atoms with Crippen LogP contribution in [-0.4, -0.2) is 0 Å². The maximum absolute atomic E-state index is 3.58. The van der Waals surface area contributed by atoms with Gasteiger partial charge in [-0.25, -0.2) is 0 Å². The lowest BCUT2D eigenvalue weighted by molar-refractivity contribution is 0.597. The Bertz CT molecular complexity index is 8230. The average molecular weight is 2000 g/mol. The van der Waals surface area contributed by atoms with Gasteiger partial charge in [0.05, 0.1) is 34.1 Å². The Morgan fingerprint density at radius 1 is 0.167 bits per heavy atom. The van der Waals surface area contributed by atoms with Crippen LogP contribution in [0, 0.1) is 0 Å². The number of nitrogens with zero attached hydrogens (tertiary/aromatic N) is 3. The van der Waals surface area contributed by atoms with Crippen LogP contribution in [0.15, 0.2) is 538 Å². The number of hydrogen-bond acceptors (Lipinski definition) is 4. The molecule has 4 nitrogen and oxygen atoms in total. The summed E-state index contributed by atoms with van der Waals surface area (Å²) in [6.07, 6.45) is 0.